The third-order valence-electron chi connectivity index (χ3n) is 3.07. The Balaban J connectivity index is 2.88. The van der Waals surface area contributed by atoms with E-state index in [1.54, 1.807) is 19.4 Å². The first-order chi connectivity index (χ1) is 8.60. The summed E-state index contributed by atoms with van der Waals surface area (Å²) in [6.07, 6.45) is 4.35. The molecule has 1 amide bonds. The second-order valence-corrected chi connectivity index (χ2v) is 4.39. The SMILES string of the molecule is CCC(N)C(c1ccncc1)N(C)CC(=O)NC. The molecule has 0 aliphatic carbocycles. The van der Waals surface area contributed by atoms with Crippen molar-refractivity contribution in [1.82, 2.24) is 15.2 Å². The summed E-state index contributed by atoms with van der Waals surface area (Å²) in [5.41, 5.74) is 7.26. The fourth-order valence-electron chi connectivity index (χ4n) is 2.02. The molecule has 18 heavy (non-hydrogen) atoms. The van der Waals surface area contributed by atoms with E-state index in [0.717, 1.165) is 12.0 Å². The van der Waals surface area contributed by atoms with Gasteiger partial charge in [-0.15, -0.1) is 0 Å². The van der Waals surface area contributed by atoms with Gasteiger partial charge in [-0.1, -0.05) is 6.92 Å². The van der Waals surface area contributed by atoms with Crippen molar-refractivity contribution in [1.29, 1.82) is 0 Å². The van der Waals surface area contributed by atoms with E-state index in [1.807, 2.05) is 31.0 Å². The zero-order chi connectivity index (χ0) is 13.5. The van der Waals surface area contributed by atoms with E-state index < -0.39 is 0 Å². The molecule has 0 fully saturated rings. The van der Waals surface area contributed by atoms with Crippen LogP contribution in [0.15, 0.2) is 24.5 Å². The first-order valence-corrected chi connectivity index (χ1v) is 6.16. The van der Waals surface area contributed by atoms with Crippen LogP contribution < -0.4 is 11.1 Å². The number of nitrogens with zero attached hydrogens (tertiary/aromatic N) is 2. The van der Waals surface area contributed by atoms with E-state index >= 15 is 0 Å². The van der Waals surface area contributed by atoms with Crippen LogP contribution in [0.4, 0.5) is 0 Å². The van der Waals surface area contributed by atoms with Crippen LogP contribution in [-0.4, -0.2) is 42.5 Å². The molecule has 0 aliphatic rings. The summed E-state index contributed by atoms with van der Waals surface area (Å²) < 4.78 is 0. The third kappa shape index (κ3) is 3.78. The first-order valence-electron chi connectivity index (χ1n) is 6.16. The lowest BCUT2D eigenvalue weighted by atomic mass is 9.97. The predicted octanol–water partition coefficient (Wildman–Crippen LogP) is 0.538. The Hall–Kier alpha value is -1.46. The number of likely N-dealkylation sites (N-methyl/N-ethyl adjacent to an activating group) is 2. The molecule has 100 valence electrons. The molecular formula is C13H22N4O. The van der Waals surface area contributed by atoms with Crippen molar-refractivity contribution in [2.75, 3.05) is 20.6 Å². The van der Waals surface area contributed by atoms with Gasteiger partial charge in [-0.2, -0.15) is 0 Å². The fourth-order valence-corrected chi connectivity index (χ4v) is 2.02. The Bertz CT molecular complexity index is 369. The summed E-state index contributed by atoms with van der Waals surface area (Å²) in [5.74, 6) is -0.0140. The largest absolute Gasteiger partial charge is 0.358 e. The molecule has 1 rings (SSSR count). The van der Waals surface area contributed by atoms with Crippen molar-refractivity contribution >= 4 is 5.91 Å². The van der Waals surface area contributed by atoms with Crippen molar-refractivity contribution in [2.24, 2.45) is 5.73 Å². The van der Waals surface area contributed by atoms with E-state index in [9.17, 15) is 4.79 Å². The normalized spacial score (nSPS) is 14.3. The second-order valence-electron chi connectivity index (χ2n) is 4.39. The van der Waals surface area contributed by atoms with E-state index in [1.165, 1.54) is 0 Å². The number of carbonyl (C=O) groups is 1. The minimum Gasteiger partial charge on any atom is -0.358 e. The number of carbonyl (C=O) groups excluding carboxylic acids is 1. The smallest absolute Gasteiger partial charge is 0.233 e. The molecule has 1 heterocycles. The molecule has 1 aromatic rings. The van der Waals surface area contributed by atoms with E-state index in [2.05, 4.69) is 10.3 Å². The zero-order valence-corrected chi connectivity index (χ0v) is 11.3. The van der Waals surface area contributed by atoms with Crippen LogP contribution in [0, 0.1) is 0 Å². The quantitative estimate of drug-likeness (QED) is 0.773. The number of amides is 1. The Labute approximate surface area is 108 Å². The molecule has 0 saturated carbocycles. The minimum absolute atomic E-state index is 0.0120. The van der Waals surface area contributed by atoms with Crippen LogP contribution in [0.25, 0.3) is 0 Å². The molecule has 0 spiro atoms. The maximum Gasteiger partial charge on any atom is 0.233 e. The predicted molar refractivity (Wildman–Crippen MR) is 71.9 cm³/mol. The maximum absolute atomic E-state index is 11.5. The Morgan fingerprint density at radius 1 is 1.50 bits per heavy atom. The van der Waals surface area contributed by atoms with Gasteiger partial charge >= 0.3 is 0 Å². The average Bonchev–Trinajstić information content (AvgIpc) is 2.39. The van der Waals surface area contributed by atoms with Crippen LogP contribution >= 0.6 is 0 Å². The third-order valence-corrected chi connectivity index (χ3v) is 3.07. The molecule has 3 N–H and O–H groups in total. The van der Waals surface area contributed by atoms with Gasteiger partial charge in [0, 0.05) is 25.5 Å². The van der Waals surface area contributed by atoms with Crippen molar-refractivity contribution in [3.63, 3.8) is 0 Å². The number of rotatable bonds is 6. The molecule has 2 atom stereocenters. The molecule has 5 heteroatoms. The van der Waals surface area contributed by atoms with Gasteiger partial charge in [-0.3, -0.25) is 14.7 Å². The summed E-state index contributed by atoms with van der Waals surface area (Å²) in [5, 5.41) is 2.63. The Morgan fingerprint density at radius 2 is 2.11 bits per heavy atom. The molecule has 0 radical (unpaired) electrons. The van der Waals surface area contributed by atoms with Crippen LogP contribution in [0.5, 0.6) is 0 Å². The summed E-state index contributed by atoms with van der Waals surface area (Å²) >= 11 is 0. The van der Waals surface area contributed by atoms with E-state index in [-0.39, 0.29) is 18.0 Å². The maximum atomic E-state index is 11.5. The van der Waals surface area contributed by atoms with Crippen LogP contribution in [-0.2, 0) is 4.79 Å². The van der Waals surface area contributed by atoms with Gasteiger partial charge in [-0.05, 0) is 31.2 Å². The molecule has 0 saturated heterocycles. The number of hydrogen-bond acceptors (Lipinski definition) is 4. The topological polar surface area (TPSA) is 71.2 Å². The van der Waals surface area contributed by atoms with Crippen molar-refractivity contribution in [3.05, 3.63) is 30.1 Å². The monoisotopic (exact) mass is 250 g/mol. The molecule has 0 bridgehead atoms. The average molecular weight is 250 g/mol. The van der Waals surface area contributed by atoms with Gasteiger partial charge in [-0.25, -0.2) is 0 Å². The van der Waals surface area contributed by atoms with Crippen LogP contribution in [0.2, 0.25) is 0 Å². The summed E-state index contributed by atoms with van der Waals surface area (Å²) in [6.45, 7) is 2.38. The van der Waals surface area contributed by atoms with Gasteiger partial charge in [0.1, 0.15) is 0 Å². The molecule has 1 aromatic heterocycles. The highest BCUT2D eigenvalue weighted by atomic mass is 16.1. The van der Waals surface area contributed by atoms with Crippen LogP contribution in [0.3, 0.4) is 0 Å². The van der Waals surface area contributed by atoms with Crippen molar-refractivity contribution in [2.45, 2.75) is 25.4 Å². The lowest BCUT2D eigenvalue weighted by molar-refractivity contribution is -0.122. The Morgan fingerprint density at radius 3 is 2.61 bits per heavy atom. The summed E-state index contributed by atoms with van der Waals surface area (Å²) in [4.78, 5) is 17.4. The highest BCUT2D eigenvalue weighted by Gasteiger charge is 2.24. The lowest BCUT2D eigenvalue weighted by Crippen LogP contribution is -2.43. The van der Waals surface area contributed by atoms with Crippen molar-refractivity contribution in [3.8, 4) is 0 Å². The number of aromatic nitrogens is 1. The highest BCUT2D eigenvalue weighted by molar-refractivity contribution is 5.77. The molecule has 0 aromatic carbocycles. The van der Waals surface area contributed by atoms with E-state index in [4.69, 9.17) is 5.73 Å². The molecule has 5 nitrogen and oxygen atoms in total. The number of nitrogens with one attached hydrogen (secondary N) is 1. The summed E-state index contributed by atoms with van der Waals surface area (Å²) in [7, 11) is 3.55. The second kappa shape index (κ2) is 7.08. The standard InChI is InChI=1S/C13H22N4O/c1-4-11(14)13(10-5-7-16-8-6-10)17(3)9-12(18)15-2/h5-8,11,13H,4,9,14H2,1-3H3,(H,15,18). The highest BCUT2D eigenvalue weighted by Crippen LogP contribution is 2.22. The van der Waals surface area contributed by atoms with E-state index in [0.29, 0.717) is 6.54 Å². The van der Waals surface area contributed by atoms with Crippen LogP contribution in [0.1, 0.15) is 24.9 Å². The molecule has 2 unspecified atom stereocenters. The summed E-state index contributed by atoms with van der Waals surface area (Å²) in [6, 6.07) is 3.90. The van der Waals surface area contributed by atoms with Gasteiger partial charge < -0.3 is 11.1 Å². The zero-order valence-electron chi connectivity index (χ0n) is 11.3. The molecule has 0 aliphatic heterocycles. The molecular weight excluding hydrogens is 228 g/mol. The fraction of sp³-hybridized carbons (Fsp3) is 0.538. The Kier molecular flexibility index (Phi) is 5.74. The first kappa shape index (κ1) is 14.6. The number of nitrogens with two attached hydrogens (primary N) is 1. The minimum atomic E-state index is -0.0140. The van der Waals surface area contributed by atoms with Gasteiger partial charge in [0.05, 0.1) is 12.6 Å². The van der Waals surface area contributed by atoms with Gasteiger partial charge in [0.2, 0.25) is 5.91 Å². The van der Waals surface area contributed by atoms with Gasteiger partial charge in [0.15, 0.2) is 0 Å². The number of hydrogen-bond donors (Lipinski definition) is 2. The van der Waals surface area contributed by atoms with Gasteiger partial charge in [0.25, 0.3) is 0 Å². The lowest BCUT2D eigenvalue weighted by Gasteiger charge is -2.32. The van der Waals surface area contributed by atoms with Crippen molar-refractivity contribution < 1.29 is 4.79 Å². The number of pyridine rings is 1.